The van der Waals surface area contributed by atoms with Gasteiger partial charge in [0.2, 0.25) is 0 Å². The van der Waals surface area contributed by atoms with Crippen LogP contribution in [0.15, 0.2) is 0 Å². The quantitative estimate of drug-likeness (QED) is 0.617. The number of Topliss-reactive ketones (excluding diaryl/α,β-unsaturated/α-hetero) is 1. The summed E-state index contributed by atoms with van der Waals surface area (Å²) in [6.45, 7) is 5.83. The van der Waals surface area contributed by atoms with Crippen molar-refractivity contribution in [3.05, 3.63) is 0 Å². The smallest absolute Gasteiger partial charge is 0.158 e. The van der Waals surface area contributed by atoms with E-state index in [1.807, 2.05) is 20.8 Å². The number of carbonyl (C=O) groups is 1. The highest BCUT2D eigenvalue weighted by Gasteiger charge is 2.27. The van der Waals surface area contributed by atoms with Crippen molar-refractivity contribution in [3.8, 4) is 0 Å². The first kappa shape index (κ1) is 10.9. The molecule has 0 aliphatic carbocycles. The van der Waals surface area contributed by atoms with Crippen LogP contribution in [0.5, 0.6) is 0 Å². The second-order valence-electron chi connectivity index (χ2n) is 3.54. The molecule has 0 rings (SSSR count). The highest BCUT2D eigenvalue weighted by atomic mass is 35.5. The van der Waals surface area contributed by atoms with Crippen LogP contribution < -0.4 is 0 Å². The minimum atomic E-state index is -0.514. The van der Waals surface area contributed by atoms with Gasteiger partial charge in [0.15, 0.2) is 5.78 Å². The lowest BCUT2D eigenvalue weighted by Crippen LogP contribution is -2.31. The molecule has 0 fully saturated rings. The molecule has 0 spiro atoms. The number of alkyl halides is 1. The van der Waals surface area contributed by atoms with Crippen molar-refractivity contribution < 1.29 is 9.53 Å². The number of halogens is 1. The molecule has 2 nitrogen and oxygen atoms in total. The van der Waals surface area contributed by atoms with Gasteiger partial charge < -0.3 is 4.74 Å². The Morgan fingerprint density at radius 3 is 2.27 bits per heavy atom. The zero-order valence-corrected chi connectivity index (χ0v) is 8.23. The SMILES string of the molecule is COCC(Cl)C(=O)C(C)(C)C. The van der Waals surface area contributed by atoms with Gasteiger partial charge in [-0.15, -0.1) is 11.6 Å². The number of hydrogen-bond donors (Lipinski definition) is 0. The first-order valence-corrected chi connectivity index (χ1v) is 4.00. The maximum absolute atomic E-state index is 11.3. The average molecular weight is 179 g/mol. The predicted octanol–water partition coefficient (Wildman–Crippen LogP) is 1.86. The third-order valence-corrected chi connectivity index (χ3v) is 1.66. The van der Waals surface area contributed by atoms with Crippen molar-refractivity contribution in [3.63, 3.8) is 0 Å². The third kappa shape index (κ3) is 3.73. The van der Waals surface area contributed by atoms with E-state index in [4.69, 9.17) is 16.3 Å². The van der Waals surface area contributed by atoms with Gasteiger partial charge in [0.25, 0.3) is 0 Å². The van der Waals surface area contributed by atoms with Gasteiger partial charge in [0.05, 0.1) is 6.61 Å². The Kier molecular flexibility index (Phi) is 4.04. The van der Waals surface area contributed by atoms with Crippen molar-refractivity contribution in [2.75, 3.05) is 13.7 Å². The largest absolute Gasteiger partial charge is 0.383 e. The monoisotopic (exact) mass is 178 g/mol. The maximum atomic E-state index is 11.3. The molecule has 0 N–H and O–H groups in total. The van der Waals surface area contributed by atoms with Crippen molar-refractivity contribution in [1.82, 2.24) is 0 Å². The molecule has 0 amide bonds. The zero-order chi connectivity index (χ0) is 9.07. The van der Waals surface area contributed by atoms with E-state index < -0.39 is 5.38 Å². The second-order valence-corrected chi connectivity index (χ2v) is 4.06. The number of rotatable bonds is 3. The van der Waals surface area contributed by atoms with Gasteiger partial charge in [0, 0.05) is 12.5 Å². The van der Waals surface area contributed by atoms with E-state index in [0.717, 1.165) is 0 Å². The average Bonchev–Trinajstić information content (AvgIpc) is 1.85. The van der Waals surface area contributed by atoms with Crippen LogP contribution in [0.4, 0.5) is 0 Å². The lowest BCUT2D eigenvalue weighted by atomic mass is 9.89. The van der Waals surface area contributed by atoms with Gasteiger partial charge in [-0.25, -0.2) is 0 Å². The number of ether oxygens (including phenoxy) is 1. The summed E-state index contributed by atoms with van der Waals surface area (Å²) in [5.41, 5.74) is -0.370. The van der Waals surface area contributed by atoms with Crippen LogP contribution in [0, 0.1) is 5.41 Å². The van der Waals surface area contributed by atoms with Crippen molar-refractivity contribution in [2.45, 2.75) is 26.1 Å². The van der Waals surface area contributed by atoms with E-state index in [9.17, 15) is 4.79 Å². The molecule has 0 aromatic heterocycles. The topological polar surface area (TPSA) is 26.3 Å². The van der Waals surface area contributed by atoms with Crippen molar-refractivity contribution in [2.24, 2.45) is 5.41 Å². The zero-order valence-electron chi connectivity index (χ0n) is 7.48. The van der Waals surface area contributed by atoms with Crippen LogP contribution >= 0.6 is 11.6 Å². The molecule has 1 unspecified atom stereocenters. The number of carbonyl (C=O) groups excluding carboxylic acids is 1. The molecule has 3 heteroatoms. The second kappa shape index (κ2) is 4.07. The van der Waals surface area contributed by atoms with Crippen LogP contribution in [0.3, 0.4) is 0 Å². The molecule has 0 heterocycles. The number of ketones is 1. The van der Waals surface area contributed by atoms with Gasteiger partial charge in [-0.3, -0.25) is 4.79 Å². The Labute approximate surface area is 72.9 Å². The van der Waals surface area contributed by atoms with E-state index >= 15 is 0 Å². The minimum Gasteiger partial charge on any atom is -0.383 e. The van der Waals surface area contributed by atoms with Crippen LogP contribution in [0.25, 0.3) is 0 Å². The lowest BCUT2D eigenvalue weighted by Gasteiger charge is -2.19. The van der Waals surface area contributed by atoms with Gasteiger partial charge >= 0.3 is 0 Å². The van der Waals surface area contributed by atoms with Gasteiger partial charge in [0.1, 0.15) is 5.38 Å². The molecule has 0 aromatic carbocycles. The minimum absolute atomic E-state index is 0.0287. The molecular formula is C8H15ClO2. The first-order valence-electron chi connectivity index (χ1n) is 3.57. The van der Waals surface area contributed by atoms with Crippen LogP contribution in [-0.2, 0) is 9.53 Å². The number of hydrogen-bond acceptors (Lipinski definition) is 2. The predicted molar refractivity (Wildman–Crippen MR) is 46.0 cm³/mol. The van der Waals surface area contributed by atoms with E-state index in [2.05, 4.69) is 0 Å². The van der Waals surface area contributed by atoms with Gasteiger partial charge in [-0.05, 0) is 0 Å². The highest BCUT2D eigenvalue weighted by Crippen LogP contribution is 2.19. The highest BCUT2D eigenvalue weighted by molar-refractivity contribution is 6.31. The van der Waals surface area contributed by atoms with Crippen LogP contribution in [0.1, 0.15) is 20.8 Å². The molecule has 0 aliphatic heterocycles. The third-order valence-electron chi connectivity index (χ3n) is 1.34. The summed E-state index contributed by atoms with van der Waals surface area (Å²) in [6.07, 6.45) is 0. The summed E-state index contributed by atoms with van der Waals surface area (Å²) in [5, 5.41) is -0.514. The Bertz CT molecular complexity index is 138. The fourth-order valence-corrected chi connectivity index (χ4v) is 1.15. The summed E-state index contributed by atoms with van der Waals surface area (Å²) in [5.74, 6) is 0.0287. The fourth-order valence-electron chi connectivity index (χ4n) is 0.692. The summed E-state index contributed by atoms with van der Waals surface area (Å²) in [6, 6.07) is 0. The van der Waals surface area contributed by atoms with E-state index in [1.165, 1.54) is 7.11 Å². The summed E-state index contributed by atoms with van der Waals surface area (Å²) in [4.78, 5) is 11.3. The molecule has 0 bridgehead atoms. The molecule has 0 saturated carbocycles. The normalized spacial score (nSPS) is 14.6. The van der Waals surface area contributed by atoms with Gasteiger partial charge in [-0.2, -0.15) is 0 Å². The van der Waals surface area contributed by atoms with E-state index in [-0.39, 0.29) is 17.8 Å². The first-order chi connectivity index (χ1) is 4.89. The Morgan fingerprint density at radius 1 is 1.55 bits per heavy atom. The van der Waals surface area contributed by atoms with Crippen LogP contribution in [-0.4, -0.2) is 24.9 Å². The van der Waals surface area contributed by atoms with Crippen molar-refractivity contribution >= 4 is 17.4 Å². The molecule has 66 valence electrons. The summed E-state index contributed by atoms with van der Waals surface area (Å²) < 4.78 is 4.77. The molecule has 11 heavy (non-hydrogen) atoms. The Balaban J connectivity index is 4.03. The standard InChI is InChI=1S/C8H15ClO2/c1-8(2,3)7(10)6(9)5-11-4/h6H,5H2,1-4H3. The summed E-state index contributed by atoms with van der Waals surface area (Å²) in [7, 11) is 1.53. The van der Waals surface area contributed by atoms with Crippen molar-refractivity contribution in [1.29, 1.82) is 0 Å². The lowest BCUT2D eigenvalue weighted by molar-refractivity contribution is -0.126. The molecule has 1 atom stereocenters. The number of methoxy groups -OCH3 is 1. The van der Waals surface area contributed by atoms with E-state index in [1.54, 1.807) is 0 Å². The molecular weight excluding hydrogens is 164 g/mol. The Morgan fingerprint density at radius 2 is 2.00 bits per heavy atom. The molecule has 0 radical (unpaired) electrons. The molecule has 0 aliphatic rings. The van der Waals surface area contributed by atoms with E-state index in [0.29, 0.717) is 0 Å². The molecule has 0 saturated heterocycles. The molecule has 0 aromatic rings. The Hall–Kier alpha value is -0.0800. The van der Waals surface area contributed by atoms with Gasteiger partial charge in [-0.1, -0.05) is 20.8 Å². The maximum Gasteiger partial charge on any atom is 0.158 e. The van der Waals surface area contributed by atoms with Crippen LogP contribution in [0.2, 0.25) is 0 Å². The summed E-state index contributed by atoms with van der Waals surface area (Å²) >= 11 is 5.74. The fraction of sp³-hybridized carbons (Fsp3) is 0.875.